The standard InChI is InChI=1S/C22H18Cl3N3O.ClH/c23-16-6-2-1-5-15(16)12-27-19-7-3-4-8-20(19)28(22(27)26)13-21(29)14-9-10-17(24)18(25)11-14;/h1-11,21,26,29H,12-13H2;1H. The molecule has 8 heteroatoms. The maximum Gasteiger partial charge on any atom is 0.203 e. The molecule has 2 N–H and O–H groups in total. The Bertz CT molecular complexity index is 1250. The average molecular weight is 483 g/mol. The van der Waals surface area contributed by atoms with Gasteiger partial charge in [-0.1, -0.05) is 71.2 Å². The number of aromatic nitrogens is 2. The molecule has 30 heavy (non-hydrogen) atoms. The molecular formula is C22H19Cl4N3O. The van der Waals surface area contributed by atoms with Gasteiger partial charge in [-0.05, 0) is 41.5 Å². The van der Waals surface area contributed by atoms with Crippen molar-refractivity contribution in [3.05, 3.63) is 98.5 Å². The third kappa shape index (κ3) is 4.39. The first-order valence-corrected chi connectivity index (χ1v) is 10.2. The summed E-state index contributed by atoms with van der Waals surface area (Å²) >= 11 is 18.4. The topological polar surface area (TPSA) is 53.9 Å². The van der Waals surface area contributed by atoms with Crippen LogP contribution in [0.15, 0.2) is 66.7 Å². The fraction of sp³-hybridized carbons (Fsp3) is 0.136. The zero-order chi connectivity index (χ0) is 20.5. The number of hydrogen-bond donors (Lipinski definition) is 2. The lowest BCUT2D eigenvalue weighted by atomic mass is 10.1. The highest BCUT2D eigenvalue weighted by Gasteiger charge is 2.16. The fourth-order valence-electron chi connectivity index (χ4n) is 3.43. The van der Waals surface area contributed by atoms with Crippen LogP contribution in [0.1, 0.15) is 17.2 Å². The summed E-state index contributed by atoms with van der Waals surface area (Å²) in [5, 5.41) is 21.0. The molecule has 156 valence electrons. The number of aliphatic hydroxyl groups excluding tert-OH is 1. The van der Waals surface area contributed by atoms with E-state index in [9.17, 15) is 5.11 Å². The molecule has 4 nitrogen and oxygen atoms in total. The van der Waals surface area contributed by atoms with Gasteiger partial charge in [0, 0.05) is 5.02 Å². The van der Waals surface area contributed by atoms with Crippen LogP contribution in [0.25, 0.3) is 11.0 Å². The van der Waals surface area contributed by atoms with Crippen LogP contribution in [-0.2, 0) is 13.1 Å². The van der Waals surface area contributed by atoms with Gasteiger partial charge in [-0.2, -0.15) is 0 Å². The zero-order valence-corrected chi connectivity index (χ0v) is 18.8. The Kier molecular flexibility index (Phi) is 7.17. The normalized spacial score (nSPS) is 12.0. The summed E-state index contributed by atoms with van der Waals surface area (Å²) in [5.74, 6) is 0. The summed E-state index contributed by atoms with van der Waals surface area (Å²) in [7, 11) is 0. The molecule has 1 unspecified atom stereocenters. The summed E-state index contributed by atoms with van der Waals surface area (Å²) < 4.78 is 3.68. The molecule has 4 aromatic rings. The monoisotopic (exact) mass is 481 g/mol. The largest absolute Gasteiger partial charge is 0.387 e. The third-order valence-electron chi connectivity index (χ3n) is 4.94. The molecule has 0 bridgehead atoms. The highest BCUT2D eigenvalue weighted by Crippen LogP contribution is 2.27. The van der Waals surface area contributed by atoms with Gasteiger partial charge < -0.3 is 14.2 Å². The van der Waals surface area contributed by atoms with E-state index in [1.807, 2.05) is 53.1 Å². The van der Waals surface area contributed by atoms with E-state index in [0.29, 0.717) is 27.2 Å². The molecule has 0 aliphatic carbocycles. The summed E-state index contributed by atoms with van der Waals surface area (Å²) in [6, 6.07) is 20.4. The number of hydrogen-bond acceptors (Lipinski definition) is 2. The lowest BCUT2D eigenvalue weighted by Crippen LogP contribution is -2.27. The lowest BCUT2D eigenvalue weighted by Gasteiger charge is -2.13. The van der Waals surface area contributed by atoms with Crippen LogP contribution in [0, 0.1) is 5.41 Å². The Labute approximate surface area is 195 Å². The van der Waals surface area contributed by atoms with Crippen molar-refractivity contribution in [3.8, 4) is 0 Å². The van der Waals surface area contributed by atoms with Crippen LogP contribution >= 0.6 is 47.2 Å². The van der Waals surface area contributed by atoms with Crippen LogP contribution in [0.4, 0.5) is 0 Å². The minimum atomic E-state index is -0.835. The molecule has 0 radical (unpaired) electrons. The van der Waals surface area contributed by atoms with E-state index in [1.165, 1.54) is 0 Å². The molecule has 0 fully saturated rings. The van der Waals surface area contributed by atoms with E-state index in [1.54, 1.807) is 22.8 Å². The fourth-order valence-corrected chi connectivity index (χ4v) is 3.94. The summed E-state index contributed by atoms with van der Waals surface area (Å²) in [4.78, 5) is 0. The molecule has 1 heterocycles. The van der Waals surface area contributed by atoms with Gasteiger partial charge in [0.25, 0.3) is 0 Å². The van der Waals surface area contributed by atoms with Crippen LogP contribution < -0.4 is 5.62 Å². The number of benzene rings is 3. The van der Waals surface area contributed by atoms with Gasteiger partial charge in [0.15, 0.2) is 0 Å². The van der Waals surface area contributed by atoms with E-state index < -0.39 is 6.10 Å². The smallest absolute Gasteiger partial charge is 0.203 e. The highest BCUT2D eigenvalue weighted by molar-refractivity contribution is 6.42. The molecule has 0 aliphatic rings. The van der Waals surface area contributed by atoms with Crippen molar-refractivity contribution in [2.75, 3.05) is 0 Å². The Morgan fingerprint density at radius 2 is 1.43 bits per heavy atom. The van der Waals surface area contributed by atoms with Crippen molar-refractivity contribution in [2.45, 2.75) is 19.2 Å². The van der Waals surface area contributed by atoms with E-state index in [0.717, 1.165) is 16.6 Å². The minimum absolute atomic E-state index is 0. The Hall–Kier alpha value is -1.95. The molecule has 0 amide bonds. The molecule has 0 saturated heterocycles. The summed E-state index contributed by atoms with van der Waals surface area (Å²) in [6.45, 7) is 0.682. The van der Waals surface area contributed by atoms with Crippen LogP contribution in [0.3, 0.4) is 0 Å². The third-order valence-corrected chi connectivity index (χ3v) is 6.05. The van der Waals surface area contributed by atoms with E-state index >= 15 is 0 Å². The van der Waals surface area contributed by atoms with Gasteiger partial charge >= 0.3 is 0 Å². The van der Waals surface area contributed by atoms with Crippen molar-refractivity contribution in [2.24, 2.45) is 0 Å². The van der Waals surface area contributed by atoms with Gasteiger partial charge in [-0.15, -0.1) is 12.4 Å². The first-order chi connectivity index (χ1) is 14.0. The minimum Gasteiger partial charge on any atom is -0.387 e. The van der Waals surface area contributed by atoms with Crippen molar-refractivity contribution in [1.29, 1.82) is 5.41 Å². The molecule has 0 saturated carbocycles. The van der Waals surface area contributed by atoms with Crippen LogP contribution in [0.2, 0.25) is 15.1 Å². The van der Waals surface area contributed by atoms with E-state index in [4.69, 9.17) is 40.2 Å². The molecule has 0 aliphatic heterocycles. The maximum atomic E-state index is 10.8. The molecular weight excluding hydrogens is 464 g/mol. The van der Waals surface area contributed by atoms with Gasteiger partial charge in [-0.25, -0.2) is 0 Å². The maximum absolute atomic E-state index is 10.8. The molecule has 4 rings (SSSR count). The Balaban J connectivity index is 0.00000256. The number of nitrogens with zero attached hydrogens (tertiary/aromatic N) is 2. The molecule has 3 aromatic carbocycles. The zero-order valence-electron chi connectivity index (χ0n) is 15.7. The van der Waals surface area contributed by atoms with Gasteiger partial charge in [-0.3, -0.25) is 5.41 Å². The van der Waals surface area contributed by atoms with Crippen LogP contribution in [-0.4, -0.2) is 14.2 Å². The van der Waals surface area contributed by atoms with Crippen molar-refractivity contribution < 1.29 is 5.11 Å². The number of fused-ring (bicyclic) bond motifs is 1. The molecule has 1 aromatic heterocycles. The first kappa shape index (κ1) is 22.7. The number of aliphatic hydroxyl groups is 1. The number of imidazole rings is 1. The SMILES string of the molecule is Cl.N=c1n(Cc2ccccc2Cl)c2ccccc2n1CC(O)c1ccc(Cl)c(Cl)c1. The molecule has 1 atom stereocenters. The first-order valence-electron chi connectivity index (χ1n) is 9.05. The van der Waals surface area contributed by atoms with Crippen molar-refractivity contribution in [3.63, 3.8) is 0 Å². The number of para-hydroxylation sites is 2. The summed E-state index contributed by atoms with van der Waals surface area (Å²) in [5.41, 5.74) is 3.63. The quantitative estimate of drug-likeness (QED) is 0.355. The van der Waals surface area contributed by atoms with Gasteiger partial charge in [0.05, 0.1) is 40.3 Å². The average Bonchev–Trinajstić information content (AvgIpc) is 2.97. The van der Waals surface area contributed by atoms with Gasteiger partial charge in [0.1, 0.15) is 0 Å². The van der Waals surface area contributed by atoms with Crippen molar-refractivity contribution in [1.82, 2.24) is 9.13 Å². The van der Waals surface area contributed by atoms with Crippen LogP contribution in [0.5, 0.6) is 0 Å². The second kappa shape index (κ2) is 9.46. The Morgan fingerprint density at radius 1 is 0.800 bits per heavy atom. The molecule has 0 spiro atoms. The van der Waals surface area contributed by atoms with E-state index in [-0.39, 0.29) is 24.6 Å². The number of rotatable bonds is 5. The predicted molar refractivity (Wildman–Crippen MR) is 125 cm³/mol. The van der Waals surface area contributed by atoms with E-state index in [2.05, 4.69) is 0 Å². The second-order valence-corrected chi connectivity index (χ2v) is 8.01. The Morgan fingerprint density at radius 3 is 2.10 bits per heavy atom. The van der Waals surface area contributed by atoms with Gasteiger partial charge in [0.2, 0.25) is 5.62 Å². The van der Waals surface area contributed by atoms with Crippen molar-refractivity contribution >= 4 is 58.2 Å². The predicted octanol–water partition coefficient (Wildman–Crippen LogP) is 6.09. The summed E-state index contributed by atoms with van der Waals surface area (Å²) in [6.07, 6.45) is -0.835. The lowest BCUT2D eigenvalue weighted by molar-refractivity contribution is 0.156. The number of halogens is 4. The second-order valence-electron chi connectivity index (χ2n) is 6.79. The number of nitrogens with one attached hydrogen (secondary N) is 1. The highest BCUT2D eigenvalue weighted by atomic mass is 35.5.